The number of anilines is 1. The molecule has 2 aromatic heterocycles. The van der Waals surface area contributed by atoms with Gasteiger partial charge in [-0.05, 0) is 44.0 Å². The molecule has 0 aliphatic heterocycles. The molecule has 7 nitrogen and oxygen atoms in total. The van der Waals surface area contributed by atoms with Gasteiger partial charge in [-0.25, -0.2) is 4.98 Å². The van der Waals surface area contributed by atoms with Gasteiger partial charge in [-0.15, -0.1) is 0 Å². The van der Waals surface area contributed by atoms with E-state index in [1.165, 1.54) is 10.9 Å². The van der Waals surface area contributed by atoms with E-state index in [9.17, 15) is 9.59 Å². The van der Waals surface area contributed by atoms with E-state index in [0.29, 0.717) is 16.8 Å². The van der Waals surface area contributed by atoms with Crippen molar-refractivity contribution in [1.29, 1.82) is 0 Å². The lowest BCUT2D eigenvalue weighted by Crippen LogP contribution is -2.28. The maximum atomic E-state index is 12.3. The van der Waals surface area contributed by atoms with Crippen LogP contribution in [0.15, 0.2) is 33.8 Å². The van der Waals surface area contributed by atoms with Crippen molar-refractivity contribution in [3.8, 4) is 0 Å². The Morgan fingerprint density at radius 2 is 1.91 bits per heavy atom. The second-order valence-corrected chi connectivity index (χ2v) is 5.55. The van der Waals surface area contributed by atoms with Gasteiger partial charge in [-0.2, -0.15) is 0 Å². The first-order chi connectivity index (χ1) is 10.9. The maximum Gasteiger partial charge on any atom is 0.267 e. The number of carbonyl (C=O) groups excluding carboxylic acids is 1. The number of hydrogen-bond acceptors (Lipinski definition) is 5. The fourth-order valence-electron chi connectivity index (χ4n) is 2.52. The topological polar surface area (TPSA) is 90.0 Å². The summed E-state index contributed by atoms with van der Waals surface area (Å²) in [5.74, 6) is -0.299. The number of rotatable bonds is 3. The van der Waals surface area contributed by atoms with Gasteiger partial charge in [0, 0.05) is 5.69 Å². The zero-order valence-electron chi connectivity index (χ0n) is 13.1. The van der Waals surface area contributed by atoms with E-state index in [1.807, 2.05) is 32.0 Å². The predicted molar refractivity (Wildman–Crippen MR) is 85.3 cm³/mol. The first-order valence-corrected chi connectivity index (χ1v) is 7.13. The summed E-state index contributed by atoms with van der Waals surface area (Å²) in [6.45, 7) is 5.45. The summed E-state index contributed by atoms with van der Waals surface area (Å²) in [5.41, 5.74) is 3.11. The largest absolute Gasteiger partial charge is 0.335 e. The van der Waals surface area contributed by atoms with Gasteiger partial charge in [0.25, 0.3) is 11.3 Å². The number of benzene rings is 1. The smallest absolute Gasteiger partial charge is 0.267 e. The highest BCUT2D eigenvalue weighted by Gasteiger charge is 2.14. The summed E-state index contributed by atoms with van der Waals surface area (Å²) in [4.78, 5) is 28.5. The van der Waals surface area contributed by atoms with Crippen LogP contribution in [0.2, 0.25) is 0 Å². The Hall–Kier alpha value is -2.96. The molecule has 7 heteroatoms. The molecule has 0 spiro atoms. The van der Waals surface area contributed by atoms with Crippen LogP contribution in [-0.2, 0) is 11.3 Å². The molecule has 0 fully saturated rings. The summed E-state index contributed by atoms with van der Waals surface area (Å²) in [5, 5.41) is 6.80. The summed E-state index contributed by atoms with van der Waals surface area (Å²) in [6, 6.07) is 5.77. The van der Waals surface area contributed by atoms with Crippen LogP contribution in [0.25, 0.3) is 11.1 Å². The molecule has 0 bridgehead atoms. The minimum Gasteiger partial charge on any atom is -0.335 e. The monoisotopic (exact) mass is 312 g/mol. The van der Waals surface area contributed by atoms with Crippen molar-refractivity contribution in [2.45, 2.75) is 27.3 Å². The van der Waals surface area contributed by atoms with Crippen LogP contribution in [0.5, 0.6) is 0 Å². The van der Waals surface area contributed by atoms with Crippen LogP contribution >= 0.6 is 0 Å². The number of nitrogens with one attached hydrogen (secondary N) is 1. The molecule has 0 radical (unpaired) electrons. The molecule has 0 aliphatic carbocycles. The Balaban J connectivity index is 1.84. The second kappa shape index (κ2) is 5.68. The van der Waals surface area contributed by atoms with Crippen LogP contribution in [0.1, 0.15) is 16.8 Å². The van der Waals surface area contributed by atoms with Crippen molar-refractivity contribution >= 4 is 22.7 Å². The molecule has 23 heavy (non-hydrogen) atoms. The molecule has 1 N–H and O–H groups in total. The molecule has 118 valence electrons. The lowest BCUT2D eigenvalue weighted by Gasteiger charge is -2.08. The lowest BCUT2D eigenvalue weighted by molar-refractivity contribution is -0.116. The fourth-order valence-corrected chi connectivity index (χ4v) is 2.52. The molecule has 2 heterocycles. The van der Waals surface area contributed by atoms with Crippen LogP contribution in [0, 0.1) is 20.8 Å². The zero-order valence-corrected chi connectivity index (χ0v) is 13.1. The van der Waals surface area contributed by atoms with Gasteiger partial charge in [0.05, 0.1) is 5.69 Å². The summed E-state index contributed by atoms with van der Waals surface area (Å²) in [7, 11) is 0. The highest BCUT2D eigenvalue weighted by molar-refractivity contribution is 5.90. The number of carbonyl (C=O) groups is 1. The van der Waals surface area contributed by atoms with Gasteiger partial charge in [0.15, 0.2) is 0 Å². The molecule has 0 saturated heterocycles. The van der Waals surface area contributed by atoms with Gasteiger partial charge in [-0.3, -0.25) is 14.2 Å². The van der Waals surface area contributed by atoms with E-state index >= 15 is 0 Å². The number of aryl methyl sites for hydroxylation is 3. The average molecular weight is 312 g/mol. The second-order valence-electron chi connectivity index (χ2n) is 5.55. The van der Waals surface area contributed by atoms with E-state index in [4.69, 9.17) is 4.52 Å². The van der Waals surface area contributed by atoms with Crippen molar-refractivity contribution < 1.29 is 9.32 Å². The van der Waals surface area contributed by atoms with E-state index in [-0.39, 0.29) is 23.7 Å². The van der Waals surface area contributed by atoms with Crippen LogP contribution in [0.4, 0.5) is 5.69 Å². The van der Waals surface area contributed by atoms with Crippen molar-refractivity contribution in [3.05, 3.63) is 51.7 Å². The Bertz CT molecular complexity index is 935. The number of fused-ring (bicyclic) bond motifs is 1. The number of aromatic nitrogens is 3. The van der Waals surface area contributed by atoms with Crippen LogP contribution in [0.3, 0.4) is 0 Å². The average Bonchev–Trinajstić information content (AvgIpc) is 2.83. The first-order valence-electron chi connectivity index (χ1n) is 7.13. The Morgan fingerprint density at radius 3 is 2.61 bits per heavy atom. The standard InChI is InChI=1S/C16H16N4O3/c1-9-4-10(2)6-12(5-9)18-13(21)7-20-8-17-15-14(16(20)22)11(3)19-23-15/h4-6,8H,7H2,1-3H3,(H,18,21). The van der Waals surface area contributed by atoms with Gasteiger partial charge in [0.1, 0.15) is 18.3 Å². The minimum absolute atomic E-state index is 0.126. The molecule has 0 unspecified atom stereocenters. The van der Waals surface area contributed by atoms with E-state index < -0.39 is 0 Å². The normalized spacial score (nSPS) is 10.9. The number of nitrogens with zero attached hydrogens (tertiary/aromatic N) is 3. The zero-order chi connectivity index (χ0) is 16.6. The molecule has 0 atom stereocenters. The first kappa shape index (κ1) is 15.0. The number of amides is 1. The Kier molecular flexibility index (Phi) is 3.69. The molecule has 1 amide bonds. The Morgan fingerprint density at radius 1 is 1.22 bits per heavy atom. The Labute approximate surface area is 131 Å². The molecule has 0 aliphatic rings. The van der Waals surface area contributed by atoms with E-state index in [0.717, 1.165) is 11.1 Å². The third-order valence-electron chi connectivity index (χ3n) is 3.45. The lowest BCUT2D eigenvalue weighted by atomic mass is 10.1. The quantitative estimate of drug-likeness (QED) is 0.798. The van der Waals surface area contributed by atoms with Gasteiger partial charge >= 0.3 is 0 Å². The highest BCUT2D eigenvalue weighted by atomic mass is 16.5. The molecule has 3 rings (SSSR count). The van der Waals surface area contributed by atoms with Crippen LogP contribution < -0.4 is 10.9 Å². The van der Waals surface area contributed by atoms with E-state index in [2.05, 4.69) is 15.5 Å². The van der Waals surface area contributed by atoms with Crippen LogP contribution in [-0.4, -0.2) is 20.6 Å². The fraction of sp³-hybridized carbons (Fsp3) is 0.250. The molecule has 0 saturated carbocycles. The van der Waals surface area contributed by atoms with E-state index in [1.54, 1.807) is 6.92 Å². The molecular weight excluding hydrogens is 296 g/mol. The SMILES string of the molecule is Cc1cc(C)cc(NC(=O)Cn2cnc3onc(C)c3c2=O)c1. The summed E-state index contributed by atoms with van der Waals surface area (Å²) >= 11 is 0. The summed E-state index contributed by atoms with van der Waals surface area (Å²) in [6.07, 6.45) is 1.29. The highest BCUT2D eigenvalue weighted by Crippen LogP contribution is 2.14. The van der Waals surface area contributed by atoms with Crippen molar-refractivity contribution in [2.75, 3.05) is 5.32 Å². The maximum absolute atomic E-state index is 12.3. The third-order valence-corrected chi connectivity index (χ3v) is 3.45. The van der Waals surface area contributed by atoms with Gasteiger partial charge in [0.2, 0.25) is 5.91 Å². The molecule has 1 aromatic carbocycles. The summed E-state index contributed by atoms with van der Waals surface area (Å²) < 4.78 is 6.18. The van der Waals surface area contributed by atoms with Crippen molar-refractivity contribution in [1.82, 2.24) is 14.7 Å². The van der Waals surface area contributed by atoms with Crippen molar-refractivity contribution in [2.24, 2.45) is 0 Å². The molecule has 3 aromatic rings. The minimum atomic E-state index is -0.343. The third kappa shape index (κ3) is 2.98. The predicted octanol–water partition coefficient (Wildman–Crippen LogP) is 1.95. The van der Waals surface area contributed by atoms with Gasteiger partial charge < -0.3 is 9.84 Å². The number of hydrogen-bond donors (Lipinski definition) is 1. The van der Waals surface area contributed by atoms with Crippen molar-refractivity contribution in [3.63, 3.8) is 0 Å². The molecular formula is C16H16N4O3. The van der Waals surface area contributed by atoms with Gasteiger partial charge in [-0.1, -0.05) is 11.2 Å².